The van der Waals surface area contributed by atoms with Gasteiger partial charge in [0.2, 0.25) is 15.9 Å². The number of carboxylic acids is 1. The Morgan fingerprint density at radius 2 is 1.92 bits per heavy atom. The van der Waals surface area contributed by atoms with Crippen molar-refractivity contribution in [3.63, 3.8) is 0 Å². The van der Waals surface area contributed by atoms with Crippen molar-refractivity contribution in [3.8, 4) is 0 Å². The molecule has 0 saturated carbocycles. The number of hydrogen-bond donors (Lipinski definition) is 1. The Morgan fingerprint density at radius 1 is 1.21 bits per heavy atom. The molecule has 2 aliphatic rings. The highest BCUT2D eigenvalue weighted by atomic mass is 32.2. The smallest absolute Gasteiger partial charge is 0.326 e. The number of piperazine rings is 1. The number of nitrogens with zero attached hydrogens (tertiary/aromatic N) is 2. The van der Waals surface area contributed by atoms with Crippen LogP contribution in [0.2, 0.25) is 0 Å². The predicted octanol–water partition coefficient (Wildman–Crippen LogP) is 0.319. The van der Waals surface area contributed by atoms with E-state index in [0.29, 0.717) is 19.3 Å². The van der Waals surface area contributed by atoms with Gasteiger partial charge in [-0.2, -0.15) is 4.31 Å². The summed E-state index contributed by atoms with van der Waals surface area (Å²) >= 11 is 0. The van der Waals surface area contributed by atoms with E-state index in [1.165, 1.54) is 9.21 Å². The fraction of sp³-hybridized carbons (Fsp3) is 0.500. The van der Waals surface area contributed by atoms with Crippen LogP contribution in [-0.2, 0) is 26.0 Å². The van der Waals surface area contributed by atoms with E-state index in [9.17, 15) is 23.1 Å². The zero-order valence-corrected chi connectivity index (χ0v) is 14.0. The van der Waals surface area contributed by atoms with E-state index < -0.39 is 27.9 Å². The van der Waals surface area contributed by atoms with Gasteiger partial charge in [-0.1, -0.05) is 30.3 Å². The molecule has 7 nitrogen and oxygen atoms in total. The lowest BCUT2D eigenvalue weighted by Gasteiger charge is -2.38. The number of aliphatic carboxylic acids is 1. The van der Waals surface area contributed by atoms with Crippen molar-refractivity contribution in [3.05, 3.63) is 35.9 Å². The Balaban J connectivity index is 1.68. The molecule has 2 unspecified atom stereocenters. The first-order valence-corrected chi connectivity index (χ1v) is 9.55. The van der Waals surface area contributed by atoms with Crippen molar-refractivity contribution in [2.75, 3.05) is 18.8 Å². The number of aryl methyl sites for hydroxylation is 1. The maximum absolute atomic E-state index is 12.5. The summed E-state index contributed by atoms with van der Waals surface area (Å²) in [7, 11) is -3.55. The van der Waals surface area contributed by atoms with Crippen LogP contribution in [0.4, 0.5) is 0 Å². The average Bonchev–Trinajstić information content (AvgIpc) is 2.99. The number of hydrogen-bond acceptors (Lipinski definition) is 4. The molecule has 2 heterocycles. The highest BCUT2D eigenvalue weighted by molar-refractivity contribution is 7.89. The lowest BCUT2D eigenvalue weighted by molar-refractivity contribution is -0.151. The zero-order valence-electron chi connectivity index (χ0n) is 13.2. The zero-order chi connectivity index (χ0) is 17.3. The van der Waals surface area contributed by atoms with Crippen molar-refractivity contribution in [2.24, 2.45) is 0 Å². The lowest BCUT2D eigenvalue weighted by Crippen LogP contribution is -2.58. The molecular weight excluding hydrogens is 332 g/mol. The molecule has 1 amide bonds. The molecule has 8 heteroatoms. The van der Waals surface area contributed by atoms with Crippen molar-refractivity contribution < 1.29 is 23.1 Å². The van der Waals surface area contributed by atoms with Crippen molar-refractivity contribution in [2.45, 2.75) is 31.3 Å². The van der Waals surface area contributed by atoms with Gasteiger partial charge < -0.3 is 10.0 Å². The minimum atomic E-state index is -3.55. The molecule has 0 aliphatic carbocycles. The van der Waals surface area contributed by atoms with Crippen molar-refractivity contribution in [1.29, 1.82) is 0 Å². The second kappa shape index (κ2) is 6.52. The molecule has 1 aromatic carbocycles. The topological polar surface area (TPSA) is 95.0 Å². The minimum absolute atomic E-state index is 0.0562. The van der Waals surface area contributed by atoms with Crippen LogP contribution in [0.15, 0.2) is 30.3 Å². The van der Waals surface area contributed by atoms with Crippen LogP contribution in [0.25, 0.3) is 0 Å². The van der Waals surface area contributed by atoms with Gasteiger partial charge in [0.1, 0.15) is 6.04 Å². The number of rotatable bonds is 5. The van der Waals surface area contributed by atoms with Crippen LogP contribution in [0.5, 0.6) is 0 Å². The molecule has 2 aliphatic heterocycles. The highest BCUT2D eigenvalue weighted by Crippen LogP contribution is 2.29. The van der Waals surface area contributed by atoms with E-state index in [1.807, 2.05) is 30.3 Å². The Kier molecular flexibility index (Phi) is 4.60. The molecular formula is C16H20N2O5S. The summed E-state index contributed by atoms with van der Waals surface area (Å²) in [4.78, 5) is 24.8. The maximum Gasteiger partial charge on any atom is 0.326 e. The number of benzene rings is 1. The molecule has 3 rings (SSSR count). The van der Waals surface area contributed by atoms with Crippen LogP contribution in [0.1, 0.15) is 18.4 Å². The van der Waals surface area contributed by atoms with E-state index >= 15 is 0 Å². The van der Waals surface area contributed by atoms with Crippen LogP contribution in [0.3, 0.4) is 0 Å². The molecule has 1 N–H and O–H groups in total. The predicted molar refractivity (Wildman–Crippen MR) is 86.8 cm³/mol. The number of carbonyl (C=O) groups is 2. The summed E-state index contributed by atoms with van der Waals surface area (Å²) in [5, 5.41) is 9.18. The van der Waals surface area contributed by atoms with Gasteiger partial charge in [0.05, 0.1) is 12.3 Å². The summed E-state index contributed by atoms with van der Waals surface area (Å²) in [6, 6.07) is 8.16. The molecule has 130 valence electrons. The van der Waals surface area contributed by atoms with Crippen LogP contribution < -0.4 is 0 Å². The Bertz CT molecular complexity index is 734. The third-order valence-corrected chi connectivity index (χ3v) is 6.47. The molecule has 1 aromatic rings. The minimum Gasteiger partial charge on any atom is -0.480 e. The lowest BCUT2D eigenvalue weighted by atomic mass is 10.2. The quantitative estimate of drug-likeness (QED) is 0.823. The monoisotopic (exact) mass is 352 g/mol. The van der Waals surface area contributed by atoms with Gasteiger partial charge in [0.25, 0.3) is 0 Å². The van der Waals surface area contributed by atoms with Gasteiger partial charge in [-0.3, -0.25) is 4.79 Å². The molecule has 2 fully saturated rings. The van der Waals surface area contributed by atoms with Crippen LogP contribution in [-0.4, -0.2) is 65.5 Å². The van der Waals surface area contributed by atoms with E-state index in [1.54, 1.807) is 0 Å². The van der Waals surface area contributed by atoms with Gasteiger partial charge in [0, 0.05) is 12.6 Å². The van der Waals surface area contributed by atoms with Gasteiger partial charge in [-0.25, -0.2) is 13.2 Å². The summed E-state index contributed by atoms with van der Waals surface area (Å²) < 4.78 is 26.3. The summed E-state index contributed by atoms with van der Waals surface area (Å²) in [5.74, 6) is -1.50. The van der Waals surface area contributed by atoms with Gasteiger partial charge in [-0.15, -0.1) is 0 Å². The molecule has 2 saturated heterocycles. The van der Waals surface area contributed by atoms with Gasteiger partial charge in [0.15, 0.2) is 0 Å². The third kappa shape index (κ3) is 3.29. The first-order valence-electron chi connectivity index (χ1n) is 7.94. The molecule has 2 atom stereocenters. The van der Waals surface area contributed by atoms with Gasteiger partial charge in [-0.05, 0) is 24.8 Å². The van der Waals surface area contributed by atoms with Crippen molar-refractivity contribution >= 4 is 21.9 Å². The Labute approximate surface area is 140 Å². The normalized spacial score (nSPS) is 24.8. The fourth-order valence-corrected chi connectivity index (χ4v) is 4.90. The van der Waals surface area contributed by atoms with Gasteiger partial charge >= 0.3 is 5.97 Å². The highest BCUT2D eigenvalue weighted by Gasteiger charge is 2.46. The molecule has 0 aromatic heterocycles. The fourth-order valence-electron chi connectivity index (χ4n) is 3.45. The summed E-state index contributed by atoms with van der Waals surface area (Å²) in [6.07, 6.45) is 1.29. The average molecular weight is 352 g/mol. The SMILES string of the molecule is O=C(O)C1CCC2CN(S(=O)(=O)CCc3ccccc3)CC(=O)N21. The Morgan fingerprint density at radius 3 is 2.58 bits per heavy atom. The first-order chi connectivity index (χ1) is 11.4. The number of fused-ring (bicyclic) bond motifs is 1. The largest absolute Gasteiger partial charge is 0.480 e. The second-order valence-corrected chi connectivity index (χ2v) is 8.32. The number of carboxylic acid groups (broad SMARTS) is 1. The van der Waals surface area contributed by atoms with Crippen LogP contribution in [0, 0.1) is 0 Å². The first kappa shape index (κ1) is 16.9. The number of sulfonamides is 1. The van der Waals surface area contributed by atoms with E-state index in [-0.39, 0.29) is 24.9 Å². The summed E-state index contributed by atoms with van der Waals surface area (Å²) in [5.41, 5.74) is 0.929. The maximum atomic E-state index is 12.5. The van der Waals surface area contributed by atoms with E-state index in [0.717, 1.165) is 5.56 Å². The molecule has 0 radical (unpaired) electrons. The standard InChI is InChI=1S/C16H20N2O5S/c19-15-11-17(10-13-6-7-14(16(20)21)18(13)15)24(22,23)9-8-12-4-2-1-3-5-12/h1-5,13-14H,6-11H2,(H,20,21). The number of carbonyl (C=O) groups excluding carboxylic acids is 1. The molecule has 0 bridgehead atoms. The second-order valence-electron chi connectivity index (χ2n) is 6.23. The van der Waals surface area contributed by atoms with Crippen LogP contribution >= 0.6 is 0 Å². The van der Waals surface area contributed by atoms with Crippen molar-refractivity contribution in [1.82, 2.24) is 9.21 Å². The number of amides is 1. The van der Waals surface area contributed by atoms with E-state index in [2.05, 4.69) is 0 Å². The third-order valence-electron chi connectivity index (χ3n) is 4.69. The Hall–Kier alpha value is -1.93. The molecule has 0 spiro atoms. The molecule has 24 heavy (non-hydrogen) atoms. The summed E-state index contributed by atoms with van der Waals surface area (Å²) in [6.45, 7) is -0.0793. The van der Waals surface area contributed by atoms with E-state index in [4.69, 9.17) is 0 Å².